The van der Waals surface area contributed by atoms with Crippen molar-refractivity contribution in [2.75, 3.05) is 13.2 Å². The standard InChI is InChI=1S/C19H20F2O4S/c20-15-8-13(9-16(21)19(15)25-7-1-2-18(22)23)17-6-5-14(26-17)11-24-10-12-3-4-12/h5-6,8-9,12H,1-4,7,10-11H2,(H,22,23). The minimum atomic E-state index is -0.973. The molecule has 0 atom stereocenters. The molecular weight excluding hydrogens is 362 g/mol. The van der Waals surface area contributed by atoms with Crippen molar-refractivity contribution < 1.29 is 28.2 Å². The molecule has 0 bridgehead atoms. The van der Waals surface area contributed by atoms with Gasteiger partial charge in [-0.3, -0.25) is 4.79 Å². The van der Waals surface area contributed by atoms with Crippen LogP contribution in [-0.4, -0.2) is 24.3 Å². The van der Waals surface area contributed by atoms with Crippen molar-refractivity contribution in [1.29, 1.82) is 0 Å². The van der Waals surface area contributed by atoms with Crippen molar-refractivity contribution >= 4 is 17.3 Å². The summed E-state index contributed by atoms with van der Waals surface area (Å²) < 4.78 is 39.1. The number of aliphatic carboxylic acids is 1. The first-order chi connectivity index (χ1) is 12.5. The normalized spacial score (nSPS) is 13.8. The first-order valence-corrected chi connectivity index (χ1v) is 9.35. The van der Waals surface area contributed by atoms with Crippen molar-refractivity contribution in [2.45, 2.75) is 32.3 Å². The quantitative estimate of drug-likeness (QED) is 0.596. The first-order valence-electron chi connectivity index (χ1n) is 8.53. The Morgan fingerprint density at radius 3 is 2.62 bits per heavy atom. The number of halogens is 2. The lowest BCUT2D eigenvalue weighted by atomic mass is 10.1. The molecule has 1 saturated carbocycles. The van der Waals surface area contributed by atoms with E-state index in [1.165, 1.54) is 36.3 Å². The summed E-state index contributed by atoms with van der Waals surface area (Å²) in [7, 11) is 0. The Bertz CT molecular complexity index is 748. The highest BCUT2D eigenvalue weighted by Crippen LogP contribution is 2.34. The van der Waals surface area contributed by atoms with Gasteiger partial charge in [-0.2, -0.15) is 0 Å². The third kappa shape index (κ3) is 5.25. The van der Waals surface area contributed by atoms with Crippen molar-refractivity contribution in [3.63, 3.8) is 0 Å². The molecule has 1 aliphatic carbocycles. The number of hydrogen-bond donors (Lipinski definition) is 1. The maximum atomic E-state index is 14.2. The lowest BCUT2D eigenvalue weighted by Crippen LogP contribution is -2.04. The van der Waals surface area contributed by atoms with Crippen LogP contribution in [0.5, 0.6) is 5.75 Å². The Hall–Kier alpha value is -1.99. The second-order valence-electron chi connectivity index (χ2n) is 6.34. The minimum Gasteiger partial charge on any atom is -0.488 e. The first kappa shape index (κ1) is 18.8. The molecule has 0 spiro atoms. The topological polar surface area (TPSA) is 55.8 Å². The van der Waals surface area contributed by atoms with Gasteiger partial charge in [0.1, 0.15) is 0 Å². The van der Waals surface area contributed by atoms with Crippen LogP contribution in [0.3, 0.4) is 0 Å². The molecule has 3 rings (SSSR count). The number of carboxylic acids is 1. The van der Waals surface area contributed by atoms with Gasteiger partial charge in [0.15, 0.2) is 17.4 Å². The summed E-state index contributed by atoms with van der Waals surface area (Å²) in [6.45, 7) is 1.22. The van der Waals surface area contributed by atoms with E-state index in [0.717, 1.165) is 16.4 Å². The van der Waals surface area contributed by atoms with Crippen molar-refractivity contribution in [1.82, 2.24) is 0 Å². The molecule has 0 radical (unpaired) electrons. The second kappa shape index (κ2) is 8.60. The van der Waals surface area contributed by atoms with Crippen LogP contribution in [-0.2, 0) is 16.1 Å². The van der Waals surface area contributed by atoms with E-state index in [0.29, 0.717) is 18.1 Å². The van der Waals surface area contributed by atoms with Crippen molar-refractivity contribution in [3.8, 4) is 16.2 Å². The summed E-state index contributed by atoms with van der Waals surface area (Å²) in [6, 6.07) is 6.19. The average Bonchev–Trinajstić information content (AvgIpc) is 3.28. The van der Waals surface area contributed by atoms with Gasteiger partial charge in [-0.15, -0.1) is 11.3 Å². The molecule has 0 unspecified atom stereocenters. The van der Waals surface area contributed by atoms with E-state index in [4.69, 9.17) is 14.6 Å². The van der Waals surface area contributed by atoms with E-state index in [-0.39, 0.29) is 19.4 Å². The summed E-state index contributed by atoms with van der Waals surface area (Å²) in [5.74, 6) is -2.34. The molecule has 1 aliphatic rings. The Morgan fingerprint density at radius 2 is 1.96 bits per heavy atom. The van der Waals surface area contributed by atoms with Crippen LogP contribution in [0.1, 0.15) is 30.6 Å². The minimum absolute atomic E-state index is 0.0546. The summed E-state index contributed by atoms with van der Waals surface area (Å²) in [5.41, 5.74) is 0.441. The van der Waals surface area contributed by atoms with Gasteiger partial charge in [-0.05, 0) is 55.0 Å². The maximum Gasteiger partial charge on any atom is 0.303 e. The molecule has 7 heteroatoms. The number of benzene rings is 1. The number of carbonyl (C=O) groups is 1. The molecule has 0 saturated heterocycles. The van der Waals surface area contributed by atoms with Gasteiger partial charge >= 0.3 is 5.97 Å². The highest BCUT2D eigenvalue weighted by atomic mass is 32.1. The van der Waals surface area contributed by atoms with E-state index in [2.05, 4.69) is 0 Å². The number of thiophene rings is 1. The van der Waals surface area contributed by atoms with Gasteiger partial charge in [-0.25, -0.2) is 8.78 Å². The summed E-state index contributed by atoms with van der Waals surface area (Å²) in [6.07, 6.45) is 2.55. The van der Waals surface area contributed by atoms with Gasteiger partial charge in [0.25, 0.3) is 0 Å². The summed E-state index contributed by atoms with van der Waals surface area (Å²) >= 11 is 1.44. The SMILES string of the molecule is O=C(O)CCCOc1c(F)cc(-c2ccc(COCC3CC3)s2)cc1F. The Labute approximate surface area is 154 Å². The van der Waals surface area contributed by atoms with Crippen LogP contribution in [0.25, 0.3) is 10.4 Å². The Morgan fingerprint density at radius 1 is 1.23 bits per heavy atom. The van der Waals surface area contributed by atoms with Gasteiger partial charge in [0.05, 0.1) is 13.2 Å². The van der Waals surface area contributed by atoms with Crippen LogP contribution < -0.4 is 4.74 Å². The van der Waals surface area contributed by atoms with Gasteiger partial charge in [0, 0.05) is 22.8 Å². The fourth-order valence-corrected chi connectivity index (χ4v) is 3.39. The third-order valence-electron chi connectivity index (χ3n) is 4.02. The number of rotatable bonds is 10. The molecule has 1 heterocycles. The zero-order valence-electron chi connectivity index (χ0n) is 14.2. The van der Waals surface area contributed by atoms with E-state index in [9.17, 15) is 13.6 Å². The molecule has 26 heavy (non-hydrogen) atoms. The van der Waals surface area contributed by atoms with E-state index < -0.39 is 23.4 Å². The lowest BCUT2D eigenvalue weighted by molar-refractivity contribution is -0.137. The fourth-order valence-electron chi connectivity index (χ4n) is 2.46. The second-order valence-corrected chi connectivity index (χ2v) is 7.51. The van der Waals surface area contributed by atoms with Crippen LogP contribution in [0, 0.1) is 17.6 Å². The number of carboxylic acid groups (broad SMARTS) is 1. The number of hydrogen-bond acceptors (Lipinski definition) is 4. The van der Waals surface area contributed by atoms with Gasteiger partial charge < -0.3 is 14.6 Å². The van der Waals surface area contributed by atoms with Gasteiger partial charge in [-0.1, -0.05) is 0 Å². The molecule has 1 fully saturated rings. The van der Waals surface area contributed by atoms with Gasteiger partial charge in [0.2, 0.25) is 0 Å². The maximum absolute atomic E-state index is 14.2. The predicted molar refractivity (Wildman–Crippen MR) is 94.4 cm³/mol. The molecular formula is C19H20F2O4S. The summed E-state index contributed by atoms with van der Waals surface area (Å²) in [4.78, 5) is 12.2. The zero-order chi connectivity index (χ0) is 18.5. The summed E-state index contributed by atoms with van der Waals surface area (Å²) in [5, 5.41) is 8.56. The lowest BCUT2D eigenvalue weighted by Gasteiger charge is -2.09. The van der Waals surface area contributed by atoms with E-state index >= 15 is 0 Å². The highest BCUT2D eigenvalue weighted by molar-refractivity contribution is 7.15. The molecule has 140 valence electrons. The average molecular weight is 382 g/mol. The Balaban J connectivity index is 1.61. The molecule has 1 aromatic heterocycles. The van der Waals surface area contributed by atoms with Crippen molar-refractivity contribution in [3.05, 3.63) is 40.8 Å². The van der Waals surface area contributed by atoms with Crippen LogP contribution in [0.4, 0.5) is 8.78 Å². The molecule has 0 amide bonds. The fraction of sp³-hybridized carbons (Fsp3) is 0.421. The molecule has 2 aromatic rings. The smallest absolute Gasteiger partial charge is 0.303 e. The third-order valence-corrected chi connectivity index (χ3v) is 5.13. The zero-order valence-corrected chi connectivity index (χ0v) is 15.0. The van der Waals surface area contributed by atoms with E-state index in [1.54, 1.807) is 0 Å². The monoisotopic (exact) mass is 382 g/mol. The largest absolute Gasteiger partial charge is 0.488 e. The number of ether oxygens (including phenoxy) is 2. The predicted octanol–water partition coefficient (Wildman–Crippen LogP) is 4.86. The molecule has 1 N–H and O–H groups in total. The van der Waals surface area contributed by atoms with E-state index in [1.807, 2.05) is 12.1 Å². The highest BCUT2D eigenvalue weighted by Gasteiger charge is 2.21. The molecule has 1 aromatic carbocycles. The van der Waals surface area contributed by atoms with Crippen LogP contribution >= 0.6 is 11.3 Å². The molecule has 4 nitrogen and oxygen atoms in total. The van der Waals surface area contributed by atoms with Crippen LogP contribution in [0.2, 0.25) is 0 Å². The van der Waals surface area contributed by atoms with Crippen LogP contribution in [0.15, 0.2) is 24.3 Å². The Kier molecular flexibility index (Phi) is 6.21. The van der Waals surface area contributed by atoms with Crippen molar-refractivity contribution in [2.24, 2.45) is 5.92 Å². The molecule has 0 aliphatic heterocycles.